The highest BCUT2D eigenvalue weighted by molar-refractivity contribution is 8.38. The monoisotopic (exact) mass is 1670 g/mol. The number of nitrogens with one attached hydrogen (secondary N) is 2. The van der Waals surface area contributed by atoms with Crippen molar-refractivity contribution in [2.45, 2.75) is 179 Å². The molecule has 4 saturated carbocycles. The minimum atomic E-state index is -1.74. The van der Waals surface area contributed by atoms with E-state index in [1.165, 1.54) is 22.0 Å². The molecule has 6 amide bonds. The van der Waals surface area contributed by atoms with E-state index in [1.807, 2.05) is 60.7 Å². The Bertz CT molecular complexity index is 4910. The molecule has 114 heavy (non-hydrogen) atoms. The van der Waals surface area contributed by atoms with Crippen molar-refractivity contribution in [2.75, 3.05) is 44.7 Å². The van der Waals surface area contributed by atoms with E-state index in [4.69, 9.17) is 30.3 Å². The third kappa shape index (κ3) is 17.5. The third-order valence-electron chi connectivity index (χ3n) is 24.7. The van der Waals surface area contributed by atoms with Crippen LogP contribution in [-0.4, -0.2) is 138 Å². The van der Waals surface area contributed by atoms with Gasteiger partial charge in [-0.05, 0) is 182 Å². The molecule has 2 aromatic carbocycles. The number of hydrogen-bond acceptors (Lipinski definition) is 20. The lowest BCUT2D eigenvalue weighted by Crippen LogP contribution is -2.48. The molecule has 0 spiro atoms. The molecule has 5 unspecified atom stereocenters. The van der Waals surface area contributed by atoms with E-state index in [0.717, 1.165) is 129 Å². The highest BCUT2D eigenvalue weighted by atomic mass is 32.7. The van der Waals surface area contributed by atoms with Crippen LogP contribution in [0.4, 0.5) is 4.39 Å². The number of para-hydroxylation sites is 2. The van der Waals surface area contributed by atoms with E-state index in [2.05, 4.69) is 41.1 Å². The number of likely N-dealkylation sites (tertiary alicyclic amines) is 1. The van der Waals surface area contributed by atoms with Gasteiger partial charge in [0.2, 0.25) is 34.8 Å². The summed E-state index contributed by atoms with van der Waals surface area (Å²) in [4.78, 5) is 170. The molecule has 4 aromatic heterocycles. The Labute approximate surface area is 680 Å². The van der Waals surface area contributed by atoms with Crippen LogP contribution in [0.5, 0.6) is 0 Å². The Morgan fingerprint density at radius 3 is 1.40 bits per heavy atom. The van der Waals surface area contributed by atoms with E-state index in [1.54, 1.807) is 46.9 Å². The van der Waals surface area contributed by atoms with Crippen LogP contribution < -0.4 is 21.8 Å². The van der Waals surface area contributed by atoms with Crippen molar-refractivity contribution in [1.29, 1.82) is 0 Å². The van der Waals surface area contributed by atoms with Crippen molar-refractivity contribution in [3.8, 4) is 22.8 Å². The van der Waals surface area contributed by atoms with Crippen LogP contribution in [0.15, 0.2) is 94.5 Å². The van der Waals surface area contributed by atoms with Gasteiger partial charge in [0.15, 0.2) is 0 Å². The molecule has 0 radical (unpaired) electrons. The number of hydrogen-bond donors (Lipinski definition) is 3. The van der Waals surface area contributed by atoms with Gasteiger partial charge in [-0.15, -0.1) is 29.9 Å². The molecule has 10 aliphatic rings. The van der Waals surface area contributed by atoms with E-state index in [-0.39, 0.29) is 120 Å². The number of aromatic nitrogens is 4. The van der Waals surface area contributed by atoms with E-state index in [9.17, 15) is 61.9 Å². The second kappa shape index (κ2) is 37.3. The Hall–Kier alpha value is -7.65. The number of carbonyl (C=O) groups excluding carboxylic acids is 10. The lowest BCUT2D eigenvalue weighted by atomic mass is 9.80. The van der Waals surface area contributed by atoms with Gasteiger partial charge in [-0.25, -0.2) is 19.6 Å². The van der Waals surface area contributed by atoms with Crippen LogP contribution in [0.25, 0.3) is 44.6 Å². The second-order valence-electron chi connectivity index (χ2n) is 31.3. The first-order chi connectivity index (χ1) is 55.6. The number of ether oxygens (including phenoxy) is 4. The first kappa shape index (κ1) is 82.9. The maximum atomic E-state index is 13.9. The lowest BCUT2D eigenvalue weighted by molar-refractivity contribution is -0.192. The van der Waals surface area contributed by atoms with Crippen LogP contribution in [0, 0.1) is 47.3 Å². The molecule has 4 aliphatic carbocycles. The van der Waals surface area contributed by atoms with Gasteiger partial charge in [0.1, 0.15) is 13.2 Å². The number of thiol groups is 1. The van der Waals surface area contributed by atoms with Crippen molar-refractivity contribution in [2.24, 2.45) is 47.3 Å². The molecule has 6 aliphatic heterocycles. The van der Waals surface area contributed by atoms with Gasteiger partial charge >= 0.3 is 23.9 Å². The fourth-order valence-corrected chi connectivity index (χ4v) is 20.7. The van der Waals surface area contributed by atoms with Crippen molar-refractivity contribution >= 4 is 139 Å². The Balaban J connectivity index is 0.000000186. The summed E-state index contributed by atoms with van der Waals surface area (Å²) in [5.74, 6) is -1.93. The molecule has 606 valence electrons. The Kier molecular flexibility index (Phi) is 27.1. The minimum absolute atomic E-state index is 0.0303. The summed E-state index contributed by atoms with van der Waals surface area (Å²) >= 11 is 5.49. The second-order valence-corrected chi connectivity index (χ2v) is 37.8. The predicted molar refractivity (Wildman–Crippen MR) is 445 cm³/mol. The lowest BCUT2D eigenvalue weighted by Gasteiger charge is -2.37. The van der Waals surface area contributed by atoms with Crippen LogP contribution in [-0.2, 0) is 104 Å². The maximum Gasteiger partial charge on any atom is 0.355 e. The van der Waals surface area contributed by atoms with Crippen LogP contribution in [0.3, 0.4) is 0 Å². The van der Waals surface area contributed by atoms with Gasteiger partial charge in [0.25, 0.3) is 22.9 Å². The number of alkyl halides is 1. The van der Waals surface area contributed by atoms with Gasteiger partial charge in [-0.2, -0.15) is 12.2 Å². The number of pyridine rings is 4. The van der Waals surface area contributed by atoms with Crippen LogP contribution >= 0.6 is 58.2 Å². The van der Waals surface area contributed by atoms with Crippen molar-refractivity contribution in [1.82, 2.24) is 39.5 Å². The highest BCUT2D eigenvalue weighted by Crippen LogP contribution is 2.46. The first-order valence-corrected chi connectivity index (χ1v) is 47.0. The number of nitrogens with zero attached hydrogens (tertiary/aromatic N) is 6. The number of halogens is 1. The molecule has 1 saturated heterocycles. The fourth-order valence-electron chi connectivity index (χ4n) is 18.1. The van der Waals surface area contributed by atoms with Crippen LogP contribution in [0.1, 0.15) is 171 Å². The SMILES string of the molecule is CC[C@@]1(OC(=O)C2CCC(CNC(=O)C3CCC(CN4C(=O)C=CC4=O)CC3)CC2)C(=O)OCc2c1cc1n(c2=O)Cc2cc3ccccc3nc2-1.CC[C@@]1(OC(=O)C2CCC(CNC(=O)C3CCC(CN4C(=O)CC(SCPP)C4=O)CC3)CC2)C(=O)OCc2c1cc1n(c2=O)Cc2cc3ccccc3nc2-1.PCPS.[2H]CF. The summed E-state index contributed by atoms with van der Waals surface area (Å²) in [7, 11) is 5.73. The number of amides is 6. The average molecular weight is 1670 g/mol. The number of rotatable bonds is 20. The number of benzene rings is 2. The third-order valence-corrected chi connectivity index (χ3v) is 30.7. The zero-order chi connectivity index (χ0) is 81.4. The minimum Gasteiger partial charge on any atom is -0.457 e. The molecule has 5 fully saturated rings. The Morgan fingerprint density at radius 1 is 0.605 bits per heavy atom. The number of fused-ring (bicyclic) bond motifs is 10. The van der Waals surface area contributed by atoms with E-state index in [0.29, 0.717) is 118 Å². The number of carbonyl (C=O) groups is 10. The van der Waals surface area contributed by atoms with Gasteiger partial charge in [-0.3, -0.25) is 62.1 Å². The molecule has 24 nitrogen and oxygen atoms in total. The number of cyclic esters (lactones) is 2. The maximum absolute atomic E-state index is 13.9. The predicted octanol–water partition coefficient (Wildman–Crippen LogP) is 11.9. The normalized spacial score (nSPS) is 26.0. The number of imide groups is 2. The van der Waals surface area contributed by atoms with Gasteiger partial charge in [-0.1, -0.05) is 66.3 Å². The zero-order valence-corrected chi connectivity index (χ0v) is 70.1. The topological polar surface area (TPSA) is 308 Å². The van der Waals surface area contributed by atoms with Gasteiger partial charge in [0, 0.05) is 95.1 Å². The molecule has 0 bridgehead atoms. The molecule has 7 atom stereocenters. The van der Waals surface area contributed by atoms with E-state index < -0.39 is 54.1 Å². The van der Waals surface area contributed by atoms with Crippen molar-refractivity contribution in [3.63, 3.8) is 0 Å². The largest absolute Gasteiger partial charge is 0.457 e. The quantitative estimate of drug-likeness (QED) is 0.0210. The summed E-state index contributed by atoms with van der Waals surface area (Å²) in [6, 6.07) is 23.2. The fraction of sp³-hybridized carbons (Fsp3) is 0.518. The number of thioether (sulfide) groups is 1. The molecule has 31 heteroatoms. The van der Waals surface area contributed by atoms with Gasteiger partial charge < -0.3 is 38.7 Å². The smallest absolute Gasteiger partial charge is 0.355 e. The molecule has 2 N–H and O–H groups in total. The van der Waals surface area contributed by atoms with Crippen molar-refractivity contribution < 1.29 is 72.7 Å². The standard InChI is InChI=1S/C41H48N4O8P2S.C40H42N4O8.CH3F.CH6P2S/c1-2-41(30-16-32-35-28(15-27-5-3-4-6-31(27)43-35)20-44(32)37(48)29(30)21-52-40(41)51)53-39(50)26-13-7-23(8-14-26)18-42-36(47)25-11-9-24(10-12-25)19-45-34(46)17-33(38(45)49)56-22-55-54;1-2-40(30-18-32-35-28(17-27-5-3-4-6-31(27)42-35)21-43(32)37(48)29(30)22-51-39(40)50)52-38(49)26-13-7-23(8-14-26)19-41-36(47)25-11-9-24(10-12-25)20-44-33(45)15-16-34(44)46;1-2;2-1-3-4/h3-6,15-16,23-26,33,55H,2,7-14,17-22,54H2,1H3,(H,42,47);3-6,15-18,23-26H,2,7-14,19-22H2,1H3,(H,41,47);1H3;3-4H,1-2H2/t23?,24?,25?,26?,33?,41-;23?,24?,25?,26?,40-;;/m00../s1/i;;1D;. The first-order valence-electron chi connectivity index (χ1n) is 40.3. The highest BCUT2D eigenvalue weighted by Gasteiger charge is 2.54. The molecular weight excluding hydrogens is 1570 g/mol. The number of esters is 4. The van der Waals surface area contributed by atoms with E-state index >= 15 is 0 Å². The van der Waals surface area contributed by atoms with Crippen LogP contribution in [0.2, 0.25) is 0 Å². The summed E-state index contributed by atoms with van der Waals surface area (Å²) in [6.45, 7) is 5.78. The molecule has 16 rings (SSSR count). The molecule has 10 heterocycles. The molecule has 6 aromatic rings. The zero-order valence-electron chi connectivity index (χ0n) is 65.1. The molecular formula is C83H99FN8O16P4S2. The summed E-state index contributed by atoms with van der Waals surface area (Å²) in [5.41, 5.74) is 4.20. The Morgan fingerprint density at radius 2 is 1.00 bits per heavy atom. The summed E-state index contributed by atoms with van der Waals surface area (Å²) < 4.78 is 42.2. The van der Waals surface area contributed by atoms with Crippen molar-refractivity contribution in [3.05, 3.63) is 139 Å². The summed E-state index contributed by atoms with van der Waals surface area (Å²) in [6.07, 6.45) is 14.4. The van der Waals surface area contributed by atoms with Gasteiger partial charge in [0.05, 0.1) is 83.6 Å². The average Bonchev–Trinajstić information content (AvgIpc) is 1.69. The summed E-state index contributed by atoms with van der Waals surface area (Å²) in [5, 5.41) is 7.98.